The van der Waals surface area contributed by atoms with Crippen LogP contribution in [0.25, 0.3) is 0 Å². The topological polar surface area (TPSA) is 24.1 Å². The van der Waals surface area contributed by atoms with Crippen molar-refractivity contribution < 1.29 is 0 Å². The molecule has 1 rings (SSSR count). The average molecular weight is 371 g/mol. The zero-order valence-electron chi connectivity index (χ0n) is 13.0. The van der Waals surface area contributed by atoms with Crippen molar-refractivity contribution >= 4 is 38.9 Å². The van der Waals surface area contributed by atoms with Crippen molar-refractivity contribution in [2.75, 3.05) is 11.9 Å². The standard InChI is InChI=1S/C17H27BrN2S/c1-2-3-4-5-6-7-8-9-14-19-17(21)20-16-12-10-15(18)11-13-16/h10-13H,2-9,14H2,1H3,(H2,19,20,21). The van der Waals surface area contributed by atoms with Crippen LogP contribution in [0.15, 0.2) is 28.7 Å². The molecule has 0 atom stereocenters. The van der Waals surface area contributed by atoms with E-state index in [0.717, 1.165) is 16.7 Å². The van der Waals surface area contributed by atoms with E-state index in [1.807, 2.05) is 24.3 Å². The first-order valence-corrected chi connectivity index (χ1v) is 9.23. The van der Waals surface area contributed by atoms with Gasteiger partial charge in [0.15, 0.2) is 5.11 Å². The summed E-state index contributed by atoms with van der Waals surface area (Å²) in [5.41, 5.74) is 1.02. The van der Waals surface area contributed by atoms with Crippen LogP contribution in [-0.4, -0.2) is 11.7 Å². The van der Waals surface area contributed by atoms with Gasteiger partial charge in [-0.1, -0.05) is 67.8 Å². The molecular weight excluding hydrogens is 344 g/mol. The van der Waals surface area contributed by atoms with Gasteiger partial charge in [-0.15, -0.1) is 0 Å². The van der Waals surface area contributed by atoms with Crippen LogP contribution >= 0.6 is 28.1 Å². The van der Waals surface area contributed by atoms with Gasteiger partial charge >= 0.3 is 0 Å². The summed E-state index contributed by atoms with van der Waals surface area (Å²) < 4.78 is 1.07. The summed E-state index contributed by atoms with van der Waals surface area (Å²) in [7, 11) is 0. The third-order valence-corrected chi connectivity index (χ3v) is 4.19. The molecule has 0 aliphatic carbocycles. The van der Waals surface area contributed by atoms with Gasteiger partial charge in [-0.2, -0.15) is 0 Å². The van der Waals surface area contributed by atoms with Gasteiger partial charge in [-0.25, -0.2) is 0 Å². The molecule has 0 aromatic heterocycles. The van der Waals surface area contributed by atoms with Crippen LogP contribution in [-0.2, 0) is 0 Å². The largest absolute Gasteiger partial charge is 0.362 e. The molecule has 21 heavy (non-hydrogen) atoms. The Morgan fingerprint density at radius 2 is 1.52 bits per heavy atom. The molecule has 0 bridgehead atoms. The highest BCUT2D eigenvalue weighted by molar-refractivity contribution is 9.10. The third kappa shape index (κ3) is 9.86. The predicted octanol–water partition coefficient (Wildman–Crippen LogP) is 5.88. The number of unbranched alkanes of at least 4 members (excludes halogenated alkanes) is 7. The molecule has 0 radical (unpaired) electrons. The molecule has 0 saturated carbocycles. The fourth-order valence-electron chi connectivity index (χ4n) is 2.17. The molecule has 0 aliphatic heterocycles. The van der Waals surface area contributed by atoms with Gasteiger partial charge in [0.25, 0.3) is 0 Å². The minimum Gasteiger partial charge on any atom is -0.362 e. The SMILES string of the molecule is CCCCCCCCCCNC(=S)Nc1ccc(Br)cc1. The van der Waals surface area contributed by atoms with Crippen molar-refractivity contribution in [3.05, 3.63) is 28.7 Å². The third-order valence-electron chi connectivity index (χ3n) is 3.42. The van der Waals surface area contributed by atoms with Crippen molar-refractivity contribution in [3.63, 3.8) is 0 Å². The zero-order valence-corrected chi connectivity index (χ0v) is 15.4. The molecule has 0 saturated heterocycles. The van der Waals surface area contributed by atoms with Crippen molar-refractivity contribution in [2.24, 2.45) is 0 Å². The molecule has 1 aromatic carbocycles. The van der Waals surface area contributed by atoms with Crippen LogP contribution in [0.4, 0.5) is 5.69 Å². The van der Waals surface area contributed by atoms with E-state index in [1.165, 1.54) is 51.4 Å². The molecule has 0 fully saturated rings. The summed E-state index contributed by atoms with van der Waals surface area (Å²) in [6, 6.07) is 8.02. The summed E-state index contributed by atoms with van der Waals surface area (Å²) >= 11 is 8.70. The minimum atomic E-state index is 0.709. The first-order chi connectivity index (χ1) is 10.2. The van der Waals surface area contributed by atoms with Gasteiger partial charge in [0.05, 0.1) is 0 Å². The maximum atomic E-state index is 5.28. The van der Waals surface area contributed by atoms with Crippen LogP contribution in [0.5, 0.6) is 0 Å². The van der Waals surface area contributed by atoms with Crippen molar-refractivity contribution in [2.45, 2.75) is 58.3 Å². The predicted molar refractivity (Wildman–Crippen MR) is 101 cm³/mol. The van der Waals surface area contributed by atoms with E-state index in [-0.39, 0.29) is 0 Å². The van der Waals surface area contributed by atoms with Gasteiger partial charge in [0.1, 0.15) is 0 Å². The van der Waals surface area contributed by atoms with Crippen LogP contribution < -0.4 is 10.6 Å². The summed E-state index contributed by atoms with van der Waals surface area (Å²) in [5, 5.41) is 7.17. The van der Waals surface area contributed by atoms with Crippen LogP contribution in [0.1, 0.15) is 58.3 Å². The molecule has 0 spiro atoms. The first-order valence-electron chi connectivity index (χ1n) is 8.03. The summed E-state index contributed by atoms with van der Waals surface area (Å²) in [4.78, 5) is 0. The number of rotatable bonds is 10. The van der Waals surface area contributed by atoms with Gasteiger partial charge in [-0.3, -0.25) is 0 Å². The van der Waals surface area contributed by atoms with E-state index >= 15 is 0 Å². The Kier molecular flexibility index (Phi) is 10.5. The molecule has 0 aliphatic rings. The second-order valence-electron chi connectivity index (χ2n) is 5.36. The lowest BCUT2D eigenvalue weighted by molar-refractivity contribution is 0.573. The smallest absolute Gasteiger partial charge is 0.170 e. The van der Waals surface area contributed by atoms with Crippen molar-refractivity contribution in [1.82, 2.24) is 5.32 Å². The Labute approximate surface area is 143 Å². The van der Waals surface area contributed by atoms with E-state index in [0.29, 0.717) is 5.11 Å². The normalized spacial score (nSPS) is 10.4. The number of hydrogen-bond acceptors (Lipinski definition) is 1. The Morgan fingerprint density at radius 3 is 2.14 bits per heavy atom. The number of benzene rings is 1. The minimum absolute atomic E-state index is 0.709. The van der Waals surface area contributed by atoms with E-state index < -0.39 is 0 Å². The molecular formula is C17H27BrN2S. The van der Waals surface area contributed by atoms with E-state index in [9.17, 15) is 0 Å². The molecule has 0 heterocycles. The lowest BCUT2D eigenvalue weighted by Gasteiger charge is -2.10. The van der Waals surface area contributed by atoms with Crippen LogP contribution in [0.3, 0.4) is 0 Å². The summed E-state index contributed by atoms with van der Waals surface area (Å²) in [5.74, 6) is 0. The fourth-order valence-corrected chi connectivity index (χ4v) is 2.65. The molecule has 2 N–H and O–H groups in total. The van der Waals surface area contributed by atoms with E-state index in [2.05, 4.69) is 33.5 Å². The number of nitrogens with one attached hydrogen (secondary N) is 2. The fraction of sp³-hybridized carbons (Fsp3) is 0.588. The van der Waals surface area contributed by atoms with Crippen molar-refractivity contribution in [1.29, 1.82) is 0 Å². The molecule has 1 aromatic rings. The van der Waals surface area contributed by atoms with Gasteiger partial charge < -0.3 is 10.6 Å². The number of hydrogen-bond donors (Lipinski definition) is 2. The zero-order chi connectivity index (χ0) is 15.3. The highest BCUT2D eigenvalue weighted by atomic mass is 79.9. The second-order valence-corrected chi connectivity index (χ2v) is 6.69. The first kappa shape index (κ1) is 18.4. The van der Waals surface area contributed by atoms with Crippen molar-refractivity contribution in [3.8, 4) is 0 Å². The van der Waals surface area contributed by atoms with Gasteiger partial charge in [0.2, 0.25) is 0 Å². The van der Waals surface area contributed by atoms with Crippen LogP contribution in [0, 0.1) is 0 Å². The summed E-state index contributed by atoms with van der Waals surface area (Å²) in [6.07, 6.45) is 10.7. The highest BCUT2D eigenvalue weighted by Crippen LogP contribution is 2.14. The Hall–Kier alpha value is -0.610. The number of anilines is 1. The second kappa shape index (κ2) is 12.0. The Bertz CT molecular complexity index is 392. The molecule has 0 amide bonds. The Morgan fingerprint density at radius 1 is 0.952 bits per heavy atom. The maximum Gasteiger partial charge on any atom is 0.170 e. The lowest BCUT2D eigenvalue weighted by atomic mass is 10.1. The molecule has 0 unspecified atom stereocenters. The molecule has 2 nitrogen and oxygen atoms in total. The molecule has 4 heteroatoms. The average Bonchev–Trinajstić information content (AvgIpc) is 2.48. The monoisotopic (exact) mass is 370 g/mol. The van der Waals surface area contributed by atoms with E-state index in [1.54, 1.807) is 0 Å². The number of halogens is 1. The van der Waals surface area contributed by atoms with E-state index in [4.69, 9.17) is 12.2 Å². The van der Waals surface area contributed by atoms with Gasteiger partial charge in [-0.05, 0) is 42.9 Å². The maximum absolute atomic E-state index is 5.28. The van der Waals surface area contributed by atoms with Gasteiger partial charge in [0, 0.05) is 16.7 Å². The van der Waals surface area contributed by atoms with Crippen LogP contribution in [0.2, 0.25) is 0 Å². The quantitative estimate of drug-likeness (QED) is 0.397. The lowest BCUT2D eigenvalue weighted by Crippen LogP contribution is -2.29. The highest BCUT2D eigenvalue weighted by Gasteiger charge is 1.97. The Balaban J connectivity index is 1.97. The summed E-state index contributed by atoms with van der Waals surface area (Å²) in [6.45, 7) is 3.22. The molecule has 118 valence electrons. The number of thiocarbonyl (C=S) groups is 1.